The van der Waals surface area contributed by atoms with Crippen molar-refractivity contribution in [3.05, 3.63) is 23.8 Å². The van der Waals surface area contributed by atoms with E-state index in [-0.39, 0.29) is 11.3 Å². The van der Waals surface area contributed by atoms with Gasteiger partial charge in [-0.2, -0.15) is 0 Å². The molecule has 6 heteroatoms. The first-order valence-electron chi connectivity index (χ1n) is 4.54. The number of nitrogens with two attached hydrogens (primary N) is 1. The maximum Gasteiger partial charge on any atom is 0.255 e. The van der Waals surface area contributed by atoms with Gasteiger partial charge in [-0.05, 0) is 18.2 Å². The summed E-state index contributed by atoms with van der Waals surface area (Å²) in [7, 11) is 1.45. The Bertz CT molecular complexity index is 383. The fourth-order valence-corrected chi connectivity index (χ4v) is 1.15. The van der Waals surface area contributed by atoms with E-state index in [1.165, 1.54) is 25.3 Å². The Hall–Kier alpha value is -1.85. The van der Waals surface area contributed by atoms with Gasteiger partial charge in [0.1, 0.15) is 5.75 Å². The Morgan fingerprint density at radius 1 is 1.56 bits per heavy atom. The second-order valence-corrected chi connectivity index (χ2v) is 3.06. The molecular weight excluding hydrogens is 218 g/mol. The number of halogens is 2. The monoisotopic (exact) mass is 230 g/mol. The van der Waals surface area contributed by atoms with Gasteiger partial charge < -0.3 is 15.8 Å². The van der Waals surface area contributed by atoms with Gasteiger partial charge in [-0.15, -0.1) is 0 Å². The highest BCUT2D eigenvalue weighted by molar-refractivity contribution is 5.95. The Kier molecular flexibility index (Phi) is 4.04. The molecule has 0 aliphatic rings. The number of carbonyl (C=O) groups excluding carboxylic acids is 1. The van der Waals surface area contributed by atoms with Gasteiger partial charge in [0, 0.05) is 5.56 Å². The zero-order valence-corrected chi connectivity index (χ0v) is 8.67. The van der Waals surface area contributed by atoms with Crippen LogP contribution in [0.5, 0.6) is 5.75 Å². The summed E-state index contributed by atoms with van der Waals surface area (Å²) < 4.78 is 28.6. The summed E-state index contributed by atoms with van der Waals surface area (Å²) in [6, 6.07) is 4.34. The van der Waals surface area contributed by atoms with E-state index in [1.807, 2.05) is 0 Å². The lowest BCUT2D eigenvalue weighted by atomic mass is 10.2. The number of benzene rings is 1. The second kappa shape index (κ2) is 5.29. The molecule has 0 heterocycles. The van der Waals surface area contributed by atoms with E-state index in [2.05, 4.69) is 5.32 Å². The summed E-state index contributed by atoms with van der Waals surface area (Å²) in [6.07, 6.45) is -2.57. The molecule has 0 saturated carbocycles. The smallest absolute Gasteiger partial charge is 0.255 e. The number of carbonyl (C=O) groups is 1. The van der Waals surface area contributed by atoms with E-state index in [0.717, 1.165) is 0 Å². The number of alkyl halides is 2. The fraction of sp³-hybridized carbons (Fsp3) is 0.300. The van der Waals surface area contributed by atoms with E-state index in [4.69, 9.17) is 10.5 Å². The maximum atomic E-state index is 11.8. The molecule has 0 atom stereocenters. The number of hydrogen-bond acceptors (Lipinski definition) is 3. The van der Waals surface area contributed by atoms with Crippen LogP contribution < -0.4 is 15.8 Å². The number of hydrogen-bond donors (Lipinski definition) is 2. The minimum Gasteiger partial charge on any atom is -0.495 e. The normalized spacial score (nSPS) is 10.2. The van der Waals surface area contributed by atoms with Crippen LogP contribution >= 0.6 is 0 Å². The first kappa shape index (κ1) is 12.2. The highest BCUT2D eigenvalue weighted by Crippen LogP contribution is 2.21. The summed E-state index contributed by atoms with van der Waals surface area (Å²) in [6.45, 7) is -0.676. The summed E-state index contributed by atoms with van der Waals surface area (Å²) in [5.74, 6) is -0.153. The van der Waals surface area contributed by atoms with Crippen molar-refractivity contribution in [3.63, 3.8) is 0 Å². The summed E-state index contributed by atoms with van der Waals surface area (Å²) in [5, 5.41) is 2.08. The molecule has 0 aliphatic heterocycles. The van der Waals surface area contributed by atoms with Crippen molar-refractivity contribution in [2.45, 2.75) is 6.43 Å². The van der Waals surface area contributed by atoms with E-state index in [9.17, 15) is 13.6 Å². The van der Waals surface area contributed by atoms with Crippen LogP contribution in [-0.2, 0) is 0 Å². The minimum absolute atomic E-state index is 0.221. The quantitative estimate of drug-likeness (QED) is 0.765. The third kappa shape index (κ3) is 3.08. The molecule has 1 aromatic rings. The van der Waals surface area contributed by atoms with Gasteiger partial charge in [-0.1, -0.05) is 0 Å². The van der Waals surface area contributed by atoms with Crippen molar-refractivity contribution >= 4 is 11.6 Å². The van der Waals surface area contributed by atoms with Gasteiger partial charge in [0.15, 0.2) is 0 Å². The van der Waals surface area contributed by atoms with Gasteiger partial charge in [-0.3, -0.25) is 4.79 Å². The van der Waals surface area contributed by atoms with Crippen molar-refractivity contribution in [1.29, 1.82) is 0 Å². The first-order chi connectivity index (χ1) is 7.54. The molecule has 1 aromatic carbocycles. The Morgan fingerprint density at radius 3 is 2.75 bits per heavy atom. The highest BCUT2D eigenvalue weighted by atomic mass is 19.3. The number of rotatable bonds is 4. The largest absolute Gasteiger partial charge is 0.495 e. The van der Waals surface area contributed by atoms with E-state index in [0.29, 0.717) is 5.75 Å². The van der Waals surface area contributed by atoms with E-state index >= 15 is 0 Å². The predicted molar refractivity (Wildman–Crippen MR) is 55.7 cm³/mol. The molecule has 1 rings (SSSR count). The summed E-state index contributed by atoms with van der Waals surface area (Å²) >= 11 is 0. The molecule has 16 heavy (non-hydrogen) atoms. The number of amides is 1. The van der Waals surface area contributed by atoms with Crippen LogP contribution in [0.25, 0.3) is 0 Å². The Balaban J connectivity index is 2.73. The topological polar surface area (TPSA) is 64.3 Å². The molecule has 0 aromatic heterocycles. The van der Waals surface area contributed by atoms with Crippen molar-refractivity contribution in [2.24, 2.45) is 0 Å². The fourth-order valence-electron chi connectivity index (χ4n) is 1.15. The van der Waals surface area contributed by atoms with Crippen LogP contribution in [0.1, 0.15) is 10.4 Å². The van der Waals surface area contributed by atoms with Crippen LogP contribution in [0.4, 0.5) is 14.5 Å². The molecule has 0 fully saturated rings. The first-order valence-corrected chi connectivity index (χ1v) is 4.54. The standard InChI is InChI=1S/C10H12F2N2O2/c1-16-8-3-2-6(4-7(8)13)10(15)14-5-9(11)12/h2-4,9H,5,13H2,1H3,(H,14,15). The summed E-state index contributed by atoms with van der Waals surface area (Å²) in [4.78, 5) is 11.4. The zero-order valence-electron chi connectivity index (χ0n) is 8.67. The zero-order chi connectivity index (χ0) is 12.1. The lowest BCUT2D eigenvalue weighted by molar-refractivity contribution is 0.0891. The Morgan fingerprint density at radius 2 is 2.25 bits per heavy atom. The van der Waals surface area contributed by atoms with Crippen LogP contribution in [0.2, 0.25) is 0 Å². The molecule has 0 spiro atoms. The maximum absolute atomic E-state index is 11.8. The predicted octanol–water partition coefficient (Wildman–Crippen LogP) is 1.27. The molecule has 3 N–H and O–H groups in total. The third-order valence-corrected chi connectivity index (χ3v) is 1.91. The van der Waals surface area contributed by atoms with Crippen molar-refractivity contribution in [1.82, 2.24) is 5.32 Å². The molecule has 0 radical (unpaired) electrons. The second-order valence-electron chi connectivity index (χ2n) is 3.06. The average molecular weight is 230 g/mol. The average Bonchev–Trinajstić information content (AvgIpc) is 2.25. The minimum atomic E-state index is -2.57. The van der Waals surface area contributed by atoms with Crippen LogP contribution in [0.3, 0.4) is 0 Å². The number of ether oxygens (including phenoxy) is 1. The molecule has 0 saturated heterocycles. The Labute approximate surface area is 91.4 Å². The molecule has 88 valence electrons. The lowest BCUT2D eigenvalue weighted by Crippen LogP contribution is -2.28. The summed E-state index contributed by atoms with van der Waals surface area (Å²) in [5.41, 5.74) is 6.08. The molecular formula is C10H12F2N2O2. The van der Waals surface area contributed by atoms with Gasteiger partial charge in [0.25, 0.3) is 12.3 Å². The van der Waals surface area contributed by atoms with Crippen LogP contribution in [0, 0.1) is 0 Å². The lowest BCUT2D eigenvalue weighted by Gasteiger charge is -2.07. The van der Waals surface area contributed by atoms with Crippen LogP contribution in [0.15, 0.2) is 18.2 Å². The van der Waals surface area contributed by atoms with Crippen molar-refractivity contribution in [2.75, 3.05) is 19.4 Å². The van der Waals surface area contributed by atoms with Crippen LogP contribution in [-0.4, -0.2) is 26.0 Å². The van der Waals surface area contributed by atoms with E-state index < -0.39 is 18.9 Å². The van der Waals surface area contributed by atoms with Gasteiger partial charge >= 0.3 is 0 Å². The number of nitrogens with one attached hydrogen (secondary N) is 1. The van der Waals surface area contributed by atoms with Gasteiger partial charge in [0.05, 0.1) is 19.3 Å². The molecule has 1 amide bonds. The molecule has 0 unspecified atom stereocenters. The van der Waals surface area contributed by atoms with Gasteiger partial charge in [0.2, 0.25) is 0 Å². The van der Waals surface area contributed by atoms with Gasteiger partial charge in [-0.25, -0.2) is 8.78 Å². The molecule has 0 bridgehead atoms. The van der Waals surface area contributed by atoms with Crippen molar-refractivity contribution in [3.8, 4) is 5.75 Å². The van der Waals surface area contributed by atoms with E-state index in [1.54, 1.807) is 0 Å². The highest BCUT2D eigenvalue weighted by Gasteiger charge is 2.10. The van der Waals surface area contributed by atoms with Crippen molar-refractivity contribution < 1.29 is 18.3 Å². The molecule has 4 nitrogen and oxygen atoms in total. The number of methoxy groups -OCH3 is 1. The molecule has 0 aliphatic carbocycles. The number of nitrogen functional groups attached to an aromatic ring is 1. The third-order valence-electron chi connectivity index (χ3n) is 1.91. The number of anilines is 1. The SMILES string of the molecule is COc1ccc(C(=O)NCC(F)F)cc1N.